The van der Waals surface area contributed by atoms with Crippen LogP contribution in [0.4, 0.5) is 0 Å². The predicted octanol–water partition coefficient (Wildman–Crippen LogP) is 3.52. The number of methoxy groups -OCH3 is 1. The van der Waals surface area contributed by atoms with Crippen molar-refractivity contribution in [3.8, 4) is 5.75 Å². The first-order valence-corrected chi connectivity index (χ1v) is 6.74. The Kier molecular flexibility index (Phi) is 4.36. The summed E-state index contributed by atoms with van der Waals surface area (Å²) in [7, 11) is 1.66. The molecular weight excluding hydrogens is 296 g/mol. The topological polar surface area (TPSA) is 48.2 Å². The van der Waals surface area contributed by atoms with Gasteiger partial charge in [0, 0.05) is 5.56 Å². The maximum absolute atomic E-state index is 5.62. The van der Waals surface area contributed by atoms with Crippen molar-refractivity contribution in [2.75, 3.05) is 7.11 Å². The molecule has 0 aliphatic rings. The van der Waals surface area contributed by atoms with Crippen LogP contribution in [-0.2, 0) is 6.42 Å². The number of rotatable bonds is 5. The lowest BCUT2D eigenvalue weighted by Gasteiger charge is -2.05. The van der Waals surface area contributed by atoms with Crippen LogP contribution in [-0.4, -0.2) is 17.3 Å². The minimum absolute atomic E-state index is 0.122. The Morgan fingerprint density at radius 3 is 2.83 bits per heavy atom. The van der Waals surface area contributed by atoms with Crippen LogP contribution >= 0.6 is 15.9 Å². The molecule has 0 aliphatic heterocycles. The van der Waals surface area contributed by atoms with E-state index in [1.54, 1.807) is 7.11 Å². The highest BCUT2D eigenvalue weighted by molar-refractivity contribution is 9.09. The number of nitrogens with zero attached hydrogens (tertiary/aromatic N) is 2. The monoisotopic (exact) mass is 310 g/mol. The molecule has 0 bridgehead atoms. The molecule has 18 heavy (non-hydrogen) atoms. The molecule has 0 fully saturated rings. The summed E-state index contributed by atoms with van der Waals surface area (Å²) in [5.74, 6) is 2.07. The lowest BCUT2D eigenvalue weighted by molar-refractivity contribution is 0.406. The zero-order valence-electron chi connectivity index (χ0n) is 10.4. The van der Waals surface area contributed by atoms with Crippen molar-refractivity contribution >= 4 is 15.9 Å². The van der Waals surface area contributed by atoms with Crippen molar-refractivity contribution in [3.63, 3.8) is 0 Å². The van der Waals surface area contributed by atoms with Crippen LogP contribution < -0.4 is 4.74 Å². The van der Waals surface area contributed by atoms with Gasteiger partial charge < -0.3 is 9.15 Å². The number of ether oxygens (including phenoxy) is 1. The first kappa shape index (κ1) is 13.1. The molecule has 2 aromatic rings. The second-order valence-electron chi connectivity index (χ2n) is 3.90. The average molecular weight is 311 g/mol. The normalized spacial score (nSPS) is 12.4. The van der Waals surface area contributed by atoms with Gasteiger partial charge in [0.05, 0.1) is 18.4 Å². The van der Waals surface area contributed by atoms with Crippen molar-refractivity contribution < 1.29 is 9.15 Å². The highest BCUT2D eigenvalue weighted by Crippen LogP contribution is 2.26. The molecule has 0 saturated carbocycles. The fourth-order valence-corrected chi connectivity index (χ4v) is 1.84. The van der Waals surface area contributed by atoms with Gasteiger partial charge in [-0.1, -0.05) is 41.1 Å². The summed E-state index contributed by atoms with van der Waals surface area (Å²) in [6.45, 7) is 2.06. The van der Waals surface area contributed by atoms with Crippen molar-refractivity contribution in [3.05, 3.63) is 41.6 Å². The van der Waals surface area contributed by atoms with Crippen molar-refractivity contribution in [2.24, 2.45) is 0 Å². The van der Waals surface area contributed by atoms with E-state index in [2.05, 4.69) is 33.1 Å². The number of alkyl halides is 1. The Morgan fingerprint density at radius 2 is 2.11 bits per heavy atom. The first-order valence-electron chi connectivity index (χ1n) is 5.82. The van der Waals surface area contributed by atoms with Gasteiger partial charge in [-0.3, -0.25) is 0 Å². The van der Waals surface area contributed by atoms with E-state index in [0.29, 0.717) is 18.2 Å². The number of hydrogen-bond donors (Lipinski definition) is 0. The van der Waals surface area contributed by atoms with Crippen LogP contribution in [0.1, 0.15) is 35.5 Å². The van der Waals surface area contributed by atoms with Gasteiger partial charge in [-0.05, 0) is 12.5 Å². The molecule has 0 radical (unpaired) electrons. The molecule has 96 valence electrons. The summed E-state index contributed by atoms with van der Waals surface area (Å²) < 4.78 is 10.9. The SMILES string of the molecule is CCC(Br)c1nnc(Cc2ccccc2OC)o1. The maximum Gasteiger partial charge on any atom is 0.230 e. The van der Waals surface area contributed by atoms with Crippen LogP contribution in [0.3, 0.4) is 0 Å². The Bertz CT molecular complexity index is 513. The molecule has 0 aliphatic carbocycles. The zero-order chi connectivity index (χ0) is 13.0. The standard InChI is InChI=1S/C13H15BrN2O2/c1-3-10(14)13-16-15-12(18-13)8-9-6-4-5-7-11(9)17-2/h4-7,10H,3,8H2,1-2H3. The van der Waals surface area contributed by atoms with E-state index in [9.17, 15) is 0 Å². The zero-order valence-corrected chi connectivity index (χ0v) is 12.0. The number of para-hydroxylation sites is 1. The molecule has 5 heteroatoms. The van der Waals surface area contributed by atoms with Gasteiger partial charge in [0.25, 0.3) is 0 Å². The van der Waals surface area contributed by atoms with E-state index in [1.807, 2.05) is 24.3 Å². The second-order valence-corrected chi connectivity index (χ2v) is 5.00. The molecule has 1 aromatic carbocycles. The van der Waals surface area contributed by atoms with Crippen molar-refractivity contribution in [1.29, 1.82) is 0 Å². The average Bonchev–Trinajstić information content (AvgIpc) is 2.87. The van der Waals surface area contributed by atoms with E-state index in [0.717, 1.165) is 17.7 Å². The summed E-state index contributed by atoms with van der Waals surface area (Å²) >= 11 is 3.49. The highest BCUT2D eigenvalue weighted by atomic mass is 79.9. The Morgan fingerprint density at radius 1 is 1.33 bits per heavy atom. The van der Waals surface area contributed by atoms with E-state index >= 15 is 0 Å². The quantitative estimate of drug-likeness (QED) is 0.793. The van der Waals surface area contributed by atoms with E-state index in [4.69, 9.17) is 9.15 Å². The number of benzene rings is 1. The number of halogens is 1. The van der Waals surface area contributed by atoms with Gasteiger partial charge in [-0.15, -0.1) is 10.2 Å². The van der Waals surface area contributed by atoms with Gasteiger partial charge in [0.2, 0.25) is 11.8 Å². The minimum Gasteiger partial charge on any atom is -0.496 e. The van der Waals surface area contributed by atoms with Gasteiger partial charge in [-0.25, -0.2) is 0 Å². The molecule has 2 rings (SSSR count). The lowest BCUT2D eigenvalue weighted by atomic mass is 10.1. The molecule has 1 aromatic heterocycles. The Hall–Kier alpha value is -1.36. The summed E-state index contributed by atoms with van der Waals surface area (Å²) in [5.41, 5.74) is 1.04. The third-order valence-electron chi connectivity index (χ3n) is 2.64. The van der Waals surface area contributed by atoms with E-state index in [1.165, 1.54) is 0 Å². The van der Waals surface area contributed by atoms with Gasteiger partial charge in [0.15, 0.2) is 0 Å². The van der Waals surface area contributed by atoms with Gasteiger partial charge in [0.1, 0.15) is 5.75 Å². The summed E-state index contributed by atoms with van der Waals surface area (Å²) in [4.78, 5) is 0.122. The smallest absolute Gasteiger partial charge is 0.230 e. The van der Waals surface area contributed by atoms with Crippen LogP contribution in [0.15, 0.2) is 28.7 Å². The minimum atomic E-state index is 0.122. The highest BCUT2D eigenvalue weighted by Gasteiger charge is 2.14. The van der Waals surface area contributed by atoms with Crippen LogP contribution in [0.5, 0.6) is 5.75 Å². The number of hydrogen-bond acceptors (Lipinski definition) is 4. The molecule has 1 unspecified atom stereocenters. The van der Waals surface area contributed by atoms with Crippen molar-refractivity contribution in [1.82, 2.24) is 10.2 Å². The van der Waals surface area contributed by atoms with Gasteiger partial charge in [-0.2, -0.15) is 0 Å². The molecule has 1 atom stereocenters. The molecule has 0 saturated heterocycles. The van der Waals surface area contributed by atoms with Gasteiger partial charge >= 0.3 is 0 Å². The lowest BCUT2D eigenvalue weighted by Crippen LogP contribution is -1.93. The Balaban J connectivity index is 2.16. The molecule has 1 heterocycles. The summed E-state index contributed by atoms with van der Waals surface area (Å²) in [5, 5.41) is 8.09. The molecule has 4 nitrogen and oxygen atoms in total. The number of aromatic nitrogens is 2. The fraction of sp³-hybridized carbons (Fsp3) is 0.385. The van der Waals surface area contributed by atoms with Crippen LogP contribution in [0, 0.1) is 0 Å². The summed E-state index contributed by atoms with van der Waals surface area (Å²) in [6, 6.07) is 7.82. The molecule has 0 spiro atoms. The van der Waals surface area contributed by atoms with E-state index in [-0.39, 0.29) is 4.83 Å². The van der Waals surface area contributed by atoms with Crippen molar-refractivity contribution in [2.45, 2.75) is 24.6 Å². The third-order valence-corrected chi connectivity index (χ3v) is 3.68. The molecular formula is C13H15BrN2O2. The Labute approximate surface area is 114 Å². The first-order chi connectivity index (χ1) is 8.74. The van der Waals surface area contributed by atoms with Crippen LogP contribution in [0.25, 0.3) is 0 Å². The molecule has 0 amide bonds. The third kappa shape index (κ3) is 2.90. The summed E-state index contributed by atoms with van der Waals surface area (Å²) in [6.07, 6.45) is 1.50. The fourth-order valence-electron chi connectivity index (χ4n) is 1.65. The second kappa shape index (κ2) is 6.00. The maximum atomic E-state index is 5.62. The van der Waals surface area contributed by atoms with E-state index < -0.39 is 0 Å². The molecule has 0 N–H and O–H groups in total. The predicted molar refractivity (Wildman–Crippen MR) is 72.1 cm³/mol. The largest absolute Gasteiger partial charge is 0.496 e. The van der Waals surface area contributed by atoms with Crippen LogP contribution in [0.2, 0.25) is 0 Å².